The van der Waals surface area contributed by atoms with Crippen LogP contribution >= 0.6 is 0 Å². The highest BCUT2D eigenvalue weighted by Gasteiger charge is 1.92. The van der Waals surface area contributed by atoms with E-state index < -0.39 is 0 Å². The molecule has 0 amide bonds. The van der Waals surface area contributed by atoms with Crippen molar-refractivity contribution < 1.29 is 9.47 Å². The van der Waals surface area contributed by atoms with Crippen molar-refractivity contribution in [3.05, 3.63) is 24.3 Å². The van der Waals surface area contributed by atoms with E-state index in [1.165, 1.54) is 0 Å². The minimum absolute atomic E-state index is 0.532. The standard InChI is InChI=1S/C10H16N2O2/c11-5-6-13-7-8-14-10-3-1-9(12)2-4-10/h1-4H,5-8,11-12H2. The van der Waals surface area contributed by atoms with Gasteiger partial charge in [-0.05, 0) is 24.3 Å². The summed E-state index contributed by atoms with van der Waals surface area (Å²) in [4.78, 5) is 0. The molecule has 0 aromatic heterocycles. The number of ether oxygens (including phenoxy) is 2. The summed E-state index contributed by atoms with van der Waals surface area (Å²) in [5.74, 6) is 0.801. The van der Waals surface area contributed by atoms with Crippen LogP contribution < -0.4 is 16.2 Å². The predicted molar refractivity (Wildman–Crippen MR) is 56.2 cm³/mol. The van der Waals surface area contributed by atoms with E-state index in [4.69, 9.17) is 20.9 Å². The summed E-state index contributed by atoms with van der Waals surface area (Å²) in [6.07, 6.45) is 0. The maximum Gasteiger partial charge on any atom is 0.119 e. The van der Waals surface area contributed by atoms with Crippen molar-refractivity contribution in [1.82, 2.24) is 0 Å². The van der Waals surface area contributed by atoms with Gasteiger partial charge in [-0.15, -0.1) is 0 Å². The lowest BCUT2D eigenvalue weighted by Crippen LogP contribution is -2.13. The second kappa shape index (κ2) is 6.23. The van der Waals surface area contributed by atoms with Crippen molar-refractivity contribution in [2.45, 2.75) is 0 Å². The zero-order valence-corrected chi connectivity index (χ0v) is 8.11. The molecule has 0 aliphatic heterocycles. The first-order chi connectivity index (χ1) is 6.83. The van der Waals surface area contributed by atoms with Gasteiger partial charge in [0.2, 0.25) is 0 Å². The lowest BCUT2D eigenvalue weighted by molar-refractivity contribution is 0.106. The van der Waals surface area contributed by atoms with E-state index in [1.807, 2.05) is 12.1 Å². The van der Waals surface area contributed by atoms with Crippen LogP contribution in [0.4, 0.5) is 5.69 Å². The molecule has 0 saturated carbocycles. The van der Waals surface area contributed by atoms with Crippen LogP contribution in [0.1, 0.15) is 0 Å². The van der Waals surface area contributed by atoms with E-state index >= 15 is 0 Å². The third-order valence-corrected chi connectivity index (χ3v) is 1.64. The van der Waals surface area contributed by atoms with Gasteiger partial charge in [-0.3, -0.25) is 0 Å². The van der Waals surface area contributed by atoms with Crippen LogP contribution in [0, 0.1) is 0 Å². The summed E-state index contributed by atoms with van der Waals surface area (Å²) < 4.78 is 10.5. The molecule has 1 aromatic carbocycles. The smallest absolute Gasteiger partial charge is 0.119 e. The Kier molecular flexibility index (Phi) is 4.82. The number of nitrogen functional groups attached to an aromatic ring is 1. The van der Waals surface area contributed by atoms with E-state index in [0.717, 1.165) is 11.4 Å². The van der Waals surface area contributed by atoms with Crippen LogP contribution in [-0.2, 0) is 4.74 Å². The SMILES string of the molecule is NCCOCCOc1ccc(N)cc1. The summed E-state index contributed by atoms with van der Waals surface area (Å²) in [6.45, 7) is 2.21. The number of hydrogen-bond acceptors (Lipinski definition) is 4. The molecule has 0 atom stereocenters. The molecular weight excluding hydrogens is 180 g/mol. The fourth-order valence-electron chi connectivity index (χ4n) is 0.968. The first-order valence-corrected chi connectivity index (χ1v) is 4.59. The minimum atomic E-state index is 0.532. The maximum atomic E-state index is 5.53. The molecule has 0 heterocycles. The Morgan fingerprint density at radius 3 is 2.36 bits per heavy atom. The molecule has 4 heteroatoms. The summed E-state index contributed by atoms with van der Waals surface area (Å²) in [5, 5.41) is 0. The van der Waals surface area contributed by atoms with Gasteiger partial charge >= 0.3 is 0 Å². The highest BCUT2D eigenvalue weighted by atomic mass is 16.5. The van der Waals surface area contributed by atoms with Crippen molar-refractivity contribution in [2.75, 3.05) is 32.1 Å². The van der Waals surface area contributed by atoms with Gasteiger partial charge in [0, 0.05) is 12.2 Å². The molecule has 0 aliphatic rings. The van der Waals surface area contributed by atoms with Gasteiger partial charge < -0.3 is 20.9 Å². The van der Waals surface area contributed by atoms with Crippen LogP contribution in [-0.4, -0.2) is 26.4 Å². The number of benzene rings is 1. The fraction of sp³-hybridized carbons (Fsp3) is 0.400. The Bertz CT molecular complexity index is 249. The van der Waals surface area contributed by atoms with Crippen molar-refractivity contribution in [1.29, 1.82) is 0 Å². The first-order valence-electron chi connectivity index (χ1n) is 4.59. The number of anilines is 1. The van der Waals surface area contributed by atoms with Gasteiger partial charge in [-0.2, -0.15) is 0 Å². The van der Waals surface area contributed by atoms with Crippen molar-refractivity contribution in [2.24, 2.45) is 5.73 Å². The molecule has 0 fully saturated rings. The molecule has 0 bridgehead atoms. The molecule has 4 N–H and O–H groups in total. The van der Waals surface area contributed by atoms with Crippen LogP contribution in [0.2, 0.25) is 0 Å². The van der Waals surface area contributed by atoms with E-state index in [-0.39, 0.29) is 0 Å². The molecule has 4 nitrogen and oxygen atoms in total. The molecule has 1 aromatic rings. The Morgan fingerprint density at radius 2 is 1.71 bits per heavy atom. The Labute approximate surface area is 83.8 Å². The molecule has 1 rings (SSSR count). The highest BCUT2D eigenvalue weighted by molar-refractivity contribution is 5.41. The van der Waals surface area contributed by atoms with Crippen molar-refractivity contribution in [3.8, 4) is 5.75 Å². The highest BCUT2D eigenvalue weighted by Crippen LogP contribution is 2.12. The predicted octanol–water partition coefficient (Wildman–Crippen LogP) is 0.623. The summed E-state index contributed by atoms with van der Waals surface area (Å²) in [5.41, 5.74) is 11.5. The second-order valence-corrected chi connectivity index (χ2v) is 2.82. The van der Waals surface area contributed by atoms with Crippen LogP contribution in [0.25, 0.3) is 0 Å². The quantitative estimate of drug-likeness (QED) is 0.517. The van der Waals surface area contributed by atoms with Gasteiger partial charge in [0.1, 0.15) is 12.4 Å². The molecule has 0 saturated heterocycles. The summed E-state index contributed by atoms with van der Waals surface area (Å²) in [6, 6.07) is 7.27. The van der Waals surface area contributed by atoms with E-state index in [1.54, 1.807) is 12.1 Å². The van der Waals surface area contributed by atoms with Crippen LogP contribution in [0.15, 0.2) is 24.3 Å². The second-order valence-electron chi connectivity index (χ2n) is 2.82. The van der Waals surface area contributed by atoms with Gasteiger partial charge in [0.15, 0.2) is 0 Å². The molecule has 78 valence electrons. The van der Waals surface area contributed by atoms with Gasteiger partial charge in [-0.25, -0.2) is 0 Å². The molecule has 14 heavy (non-hydrogen) atoms. The Balaban J connectivity index is 2.15. The molecule has 0 radical (unpaired) electrons. The minimum Gasteiger partial charge on any atom is -0.491 e. The number of nitrogens with two attached hydrogens (primary N) is 2. The largest absolute Gasteiger partial charge is 0.491 e. The summed E-state index contributed by atoms with van der Waals surface area (Å²) >= 11 is 0. The third-order valence-electron chi connectivity index (χ3n) is 1.64. The van der Waals surface area contributed by atoms with Crippen molar-refractivity contribution in [3.63, 3.8) is 0 Å². The lowest BCUT2D eigenvalue weighted by atomic mass is 10.3. The molecular formula is C10H16N2O2. The van der Waals surface area contributed by atoms with Crippen LogP contribution in [0.5, 0.6) is 5.75 Å². The first kappa shape index (κ1) is 10.8. The van der Waals surface area contributed by atoms with E-state index in [2.05, 4.69) is 0 Å². The third kappa shape index (κ3) is 4.11. The molecule has 0 unspecified atom stereocenters. The average Bonchev–Trinajstić information content (AvgIpc) is 2.21. The van der Waals surface area contributed by atoms with Crippen molar-refractivity contribution >= 4 is 5.69 Å². The molecule has 0 aliphatic carbocycles. The lowest BCUT2D eigenvalue weighted by Gasteiger charge is -2.06. The normalized spacial score (nSPS) is 10.1. The average molecular weight is 196 g/mol. The maximum absolute atomic E-state index is 5.53. The fourth-order valence-corrected chi connectivity index (χ4v) is 0.968. The Hall–Kier alpha value is -1.26. The Morgan fingerprint density at radius 1 is 1.00 bits per heavy atom. The van der Waals surface area contributed by atoms with E-state index in [9.17, 15) is 0 Å². The monoisotopic (exact) mass is 196 g/mol. The number of hydrogen-bond donors (Lipinski definition) is 2. The van der Waals surface area contributed by atoms with Gasteiger partial charge in [0.05, 0.1) is 13.2 Å². The zero-order chi connectivity index (χ0) is 10.2. The zero-order valence-electron chi connectivity index (χ0n) is 8.11. The van der Waals surface area contributed by atoms with Gasteiger partial charge in [-0.1, -0.05) is 0 Å². The number of rotatable bonds is 6. The van der Waals surface area contributed by atoms with Crippen LogP contribution in [0.3, 0.4) is 0 Å². The topological polar surface area (TPSA) is 70.5 Å². The van der Waals surface area contributed by atoms with Gasteiger partial charge in [0.25, 0.3) is 0 Å². The molecule has 0 spiro atoms. The van der Waals surface area contributed by atoms with E-state index in [0.29, 0.717) is 26.4 Å². The summed E-state index contributed by atoms with van der Waals surface area (Å²) in [7, 11) is 0.